The molecule has 0 bridgehead atoms. The van der Waals surface area contributed by atoms with Crippen molar-refractivity contribution in [2.75, 3.05) is 23.3 Å². The number of nitrogens with one attached hydrogen (secondary N) is 2. The molecule has 4 aromatic rings. The molecule has 0 unspecified atom stereocenters. The number of benzene rings is 3. The number of aryl methyl sites for hydroxylation is 2. The van der Waals surface area contributed by atoms with Crippen molar-refractivity contribution in [2.24, 2.45) is 0 Å². The molecular weight excluding hydrogens is 492 g/mol. The maximum absolute atomic E-state index is 12.4. The molecule has 0 aliphatic rings. The van der Waals surface area contributed by atoms with Crippen LogP contribution in [0.25, 0.3) is 16.7 Å². The predicted molar refractivity (Wildman–Crippen MR) is 151 cm³/mol. The normalized spacial score (nSPS) is 10.9. The summed E-state index contributed by atoms with van der Waals surface area (Å²) in [5.41, 5.74) is 7.28. The summed E-state index contributed by atoms with van der Waals surface area (Å²) < 4.78 is 0. The molecule has 186 valence electrons. The lowest BCUT2D eigenvalue weighted by atomic mass is 10.1. The number of hydrogen-bond acceptors (Lipinski definition) is 5. The van der Waals surface area contributed by atoms with Gasteiger partial charge in [0, 0.05) is 29.5 Å². The fourth-order valence-corrected chi connectivity index (χ4v) is 4.42. The lowest BCUT2D eigenvalue weighted by Crippen LogP contribution is -2.35. The van der Waals surface area contributed by atoms with Crippen molar-refractivity contribution >= 4 is 57.2 Å². The van der Waals surface area contributed by atoms with Crippen molar-refractivity contribution in [3.8, 4) is 5.69 Å². The van der Waals surface area contributed by atoms with Crippen LogP contribution in [-0.2, 0) is 11.2 Å². The van der Waals surface area contributed by atoms with Gasteiger partial charge < -0.3 is 15.5 Å². The number of amides is 1. The Balaban J connectivity index is 1.49. The fourth-order valence-electron chi connectivity index (χ4n) is 4.07. The Bertz CT molecular complexity index is 1410. The average molecular weight is 521 g/mol. The van der Waals surface area contributed by atoms with Crippen molar-refractivity contribution < 1.29 is 4.79 Å². The molecule has 36 heavy (non-hydrogen) atoms. The molecule has 4 rings (SSSR count). The van der Waals surface area contributed by atoms with E-state index >= 15 is 0 Å². The number of carbonyl (C=O) groups is 1. The molecule has 1 heterocycles. The molecule has 0 aliphatic heterocycles. The molecule has 0 aliphatic carbocycles. The smallest absolute Gasteiger partial charge is 0.230 e. The predicted octanol–water partition coefficient (Wildman–Crippen LogP) is 5.59. The van der Waals surface area contributed by atoms with Crippen molar-refractivity contribution in [3.63, 3.8) is 0 Å². The summed E-state index contributed by atoms with van der Waals surface area (Å²) >= 11 is 11.3. The number of thiocarbonyl (C=S) groups is 1. The first-order valence-corrected chi connectivity index (χ1v) is 12.6. The van der Waals surface area contributed by atoms with E-state index in [9.17, 15) is 4.79 Å². The van der Waals surface area contributed by atoms with Crippen LogP contribution in [0.1, 0.15) is 30.5 Å². The van der Waals surface area contributed by atoms with Gasteiger partial charge in [0.25, 0.3) is 0 Å². The molecule has 2 N–H and O–H groups in total. The van der Waals surface area contributed by atoms with Crippen LogP contribution in [0.4, 0.5) is 11.4 Å². The van der Waals surface area contributed by atoms with E-state index in [2.05, 4.69) is 54.5 Å². The third-order valence-electron chi connectivity index (χ3n) is 6.03. The van der Waals surface area contributed by atoms with Crippen LogP contribution in [0, 0.1) is 13.8 Å². The Kier molecular flexibility index (Phi) is 7.86. The van der Waals surface area contributed by atoms with Gasteiger partial charge in [0.2, 0.25) is 5.91 Å². The van der Waals surface area contributed by atoms with E-state index in [1.165, 1.54) is 5.69 Å². The van der Waals surface area contributed by atoms with Gasteiger partial charge in [-0.15, -0.1) is 10.2 Å². The van der Waals surface area contributed by atoms with Gasteiger partial charge >= 0.3 is 0 Å². The van der Waals surface area contributed by atoms with Gasteiger partial charge in [-0.05, 0) is 99.1 Å². The van der Waals surface area contributed by atoms with E-state index < -0.39 is 0 Å². The highest BCUT2D eigenvalue weighted by atomic mass is 35.5. The van der Waals surface area contributed by atoms with E-state index in [0.717, 1.165) is 52.2 Å². The van der Waals surface area contributed by atoms with Crippen LogP contribution in [0.5, 0.6) is 0 Å². The zero-order valence-electron chi connectivity index (χ0n) is 20.8. The maximum atomic E-state index is 12.4. The minimum atomic E-state index is -0.205. The van der Waals surface area contributed by atoms with Crippen molar-refractivity contribution in [1.29, 1.82) is 0 Å². The summed E-state index contributed by atoms with van der Waals surface area (Å²) in [7, 11) is 0. The number of anilines is 2. The van der Waals surface area contributed by atoms with E-state index in [0.29, 0.717) is 5.02 Å². The average Bonchev–Trinajstić information content (AvgIpc) is 3.23. The monoisotopic (exact) mass is 520 g/mol. The molecule has 7 nitrogen and oxygen atoms in total. The highest BCUT2D eigenvalue weighted by Gasteiger charge is 2.13. The third-order valence-corrected chi connectivity index (χ3v) is 6.49. The standard InChI is InChI=1S/C27H29ClN6OS/c1-5-33(6-2)21-11-12-25(18(4)13-21)34-31-23-14-17(3)22(16-24(23)32-34)29-27(36)30-26(35)15-19-7-9-20(28)10-8-19/h7-14,16H,5-6,15H2,1-4H3,(H2,29,30,35,36). The topological polar surface area (TPSA) is 75.1 Å². The van der Waals surface area contributed by atoms with Crippen molar-refractivity contribution in [3.05, 3.63) is 76.3 Å². The van der Waals surface area contributed by atoms with Crippen LogP contribution < -0.4 is 15.5 Å². The summed E-state index contributed by atoms with van der Waals surface area (Å²) in [6.45, 7) is 10.2. The minimum Gasteiger partial charge on any atom is -0.372 e. The first-order valence-electron chi connectivity index (χ1n) is 11.9. The van der Waals surface area contributed by atoms with Crippen LogP contribution in [-0.4, -0.2) is 39.1 Å². The zero-order valence-corrected chi connectivity index (χ0v) is 22.4. The van der Waals surface area contributed by atoms with E-state index in [4.69, 9.17) is 34.0 Å². The highest BCUT2D eigenvalue weighted by molar-refractivity contribution is 7.80. The molecule has 9 heteroatoms. The number of fused-ring (bicyclic) bond motifs is 1. The Labute approximate surface area is 221 Å². The molecule has 0 saturated heterocycles. The van der Waals surface area contributed by atoms with Gasteiger partial charge in [-0.1, -0.05) is 23.7 Å². The number of rotatable bonds is 7. The lowest BCUT2D eigenvalue weighted by Gasteiger charge is -2.22. The molecule has 0 spiro atoms. The van der Waals surface area contributed by atoms with E-state index in [1.807, 2.05) is 31.2 Å². The number of nitrogens with zero attached hydrogens (tertiary/aromatic N) is 4. The second-order valence-corrected chi connectivity index (χ2v) is 9.44. The first kappa shape index (κ1) is 25.6. The van der Waals surface area contributed by atoms with E-state index in [1.54, 1.807) is 16.9 Å². The Hall–Kier alpha value is -3.49. The van der Waals surface area contributed by atoms with Gasteiger partial charge in [0.15, 0.2) is 5.11 Å². The van der Waals surface area contributed by atoms with Crippen molar-refractivity contribution in [1.82, 2.24) is 20.3 Å². The second kappa shape index (κ2) is 11.1. The highest BCUT2D eigenvalue weighted by Crippen LogP contribution is 2.25. The molecule has 3 aromatic carbocycles. The van der Waals surface area contributed by atoms with Gasteiger partial charge in [-0.3, -0.25) is 4.79 Å². The summed E-state index contributed by atoms with van der Waals surface area (Å²) in [4.78, 5) is 16.4. The Morgan fingerprint density at radius 3 is 2.28 bits per heavy atom. The third kappa shape index (κ3) is 5.83. The summed E-state index contributed by atoms with van der Waals surface area (Å²) in [5, 5.41) is 16.1. The summed E-state index contributed by atoms with van der Waals surface area (Å²) in [6, 6.07) is 17.3. The molecular formula is C27H29ClN6OS. The fraction of sp³-hybridized carbons (Fsp3) is 0.259. The molecule has 0 fully saturated rings. The van der Waals surface area contributed by atoms with Crippen LogP contribution in [0.15, 0.2) is 54.6 Å². The molecule has 0 atom stereocenters. The number of hydrogen-bond donors (Lipinski definition) is 2. The first-order chi connectivity index (χ1) is 17.3. The maximum Gasteiger partial charge on any atom is 0.230 e. The van der Waals surface area contributed by atoms with Gasteiger partial charge in [0.1, 0.15) is 11.0 Å². The summed E-state index contributed by atoms with van der Waals surface area (Å²) in [6.07, 6.45) is 0.206. The Morgan fingerprint density at radius 2 is 1.64 bits per heavy atom. The van der Waals surface area contributed by atoms with Gasteiger partial charge in [0.05, 0.1) is 12.1 Å². The van der Waals surface area contributed by atoms with Gasteiger partial charge in [-0.25, -0.2) is 0 Å². The number of aromatic nitrogens is 3. The number of halogens is 1. The number of carbonyl (C=O) groups excluding carboxylic acids is 1. The minimum absolute atomic E-state index is 0.205. The Morgan fingerprint density at radius 1 is 0.972 bits per heavy atom. The summed E-state index contributed by atoms with van der Waals surface area (Å²) in [5.74, 6) is -0.205. The molecule has 0 radical (unpaired) electrons. The molecule has 0 saturated carbocycles. The molecule has 1 aromatic heterocycles. The van der Waals surface area contributed by atoms with Crippen LogP contribution in [0.2, 0.25) is 5.02 Å². The lowest BCUT2D eigenvalue weighted by molar-refractivity contribution is -0.119. The van der Waals surface area contributed by atoms with Crippen molar-refractivity contribution in [2.45, 2.75) is 34.1 Å². The largest absolute Gasteiger partial charge is 0.372 e. The van der Waals surface area contributed by atoms with Crippen LogP contribution in [0.3, 0.4) is 0 Å². The SMILES string of the molecule is CCN(CC)c1ccc(-n2nc3cc(C)c(NC(=S)NC(=O)Cc4ccc(Cl)cc4)cc3n2)c(C)c1. The van der Waals surface area contributed by atoms with Crippen LogP contribution >= 0.6 is 23.8 Å². The zero-order chi connectivity index (χ0) is 25.8. The second-order valence-electron chi connectivity index (χ2n) is 8.59. The van der Waals surface area contributed by atoms with E-state index in [-0.39, 0.29) is 17.4 Å². The quantitative estimate of drug-likeness (QED) is 0.309. The van der Waals surface area contributed by atoms with Gasteiger partial charge in [-0.2, -0.15) is 4.80 Å². The molecule has 1 amide bonds.